The first-order valence-corrected chi connectivity index (χ1v) is 7.58. The predicted molar refractivity (Wildman–Crippen MR) is 84.0 cm³/mol. The normalized spacial score (nSPS) is 16.4. The van der Waals surface area contributed by atoms with Gasteiger partial charge in [0.15, 0.2) is 5.89 Å². The molecule has 0 aliphatic carbocycles. The number of rotatable bonds is 4. The number of carbonyl (C=O) groups excluding carboxylic acids is 1. The molecule has 0 radical (unpaired) electrons. The van der Waals surface area contributed by atoms with E-state index in [1.165, 1.54) is 0 Å². The Morgan fingerprint density at radius 1 is 1.43 bits per heavy atom. The van der Waals surface area contributed by atoms with Gasteiger partial charge in [-0.05, 0) is 25.0 Å². The zero-order chi connectivity index (χ0) is 16.4. The van der Waals surface area contributed by atoms with Gasteiger partial charge in [-0.1, -0.05) is 6.07 Å². The summed E-state index contributed by atoms with van der Waals surface area (Å²) >= 11 is 0. The van der Waals surface area contributed by atoms with E-state index in [4.69, 9.17) is 13.9 Å². The molecule has 23 heavy (non-hydrogen) atoms. The van der Waals surface area contributed by atoms with Crippen LogP contribution >= 0.6 is 0 Å². The summed E-state index contributed by atoms with van der Waals surface area (Å²) < 4.78 is 16.3. The molecule has 0 fully saturated rings. The van der Waals surface area contributed by atoms with Crippen LogP contribution in [0.2, 0.25) is 0 Å². The van der Waals surface area contributed by atoms with E-state index in [2.05, 4.69) is 10.3 Å². The van der Waals surface area contributed by atoms with E-state index < -0.39 is 0 Å². The number of nitrogens with zero attached hydrogens (tertiary/aromatic N) is 1. The van der Waals surface area contributed by atoms with E-state index in [1.54, 1.807) is 21.0 Å². The number of aryl methyl sites for hydroxylation is 2. The summed E-state index contributed by atoms with van der Waals surface area (Å²) in [7, 11) is 1.64. The molecule has 1 unspecified atom stereocenters. The number of ether oxygens (including phenoxy) is 2. The number of nitrogens with one attached hydrogen (secondary N) is 1. The monoisotopic (exact) mass is 316 g/mol. The molecule has 0 saturated carbocycles. The third-order valence-corrected chi connectivity index (χ3v) is 3.92. The van der Waals surface area contributed by atoms with Gasteiger partial charge in [0.2, 0.25) is 5.76 Å². The molecule has 1 aromatic heterocycles. The van der Waals surface area contributed by atoms with Crippen molar-refractivity contribution in [2.75, 3.05) is 20.3 Å². The molecule has 2 heterocycles. The van der Waals surface area contributed by atoms with Crippen LogP contribution in [0.25, 0.3) is 0 Å². The molecule has 1 amide bonds. The summed E-state index contributed by atoms with van der Waals surface area (Å²) in [5.41, 5.74) is 1.74. The molecule has 0 bridgehead atoms. The van der Waals surface area contributed by atoms with Crippen LogP contribution in [0.4, 0.5) is 0 Å². The van der Waals surface area contributed by atoms with E-state index in [1.807, 2.05) is 18.2 Å². The fraction of sp³-hybridized carbons (Fsp3) is 0.412. The maximum absolute atomic E-state index is 12.1. The molecule has 6 nitrogen and oxygen atoms in total. The van der Waals surface area contributed by atoms with Gasteiger partial charge in [0.25, 0.3) is 5.91 Å². The third kappa shape index (κ3) is 3.31. The first-order valence-electron chi connectivity index (χ1n) is 7.58. The molecule has 3 rings (SSSR count). The highest BCUT2D eigenvalue weighted by Gasteiger charge is 2.22. The number of hydrogen-bond donors (Lipinski definition) is 1. The Hall–Kier alpha value is -2.50. The van der Waals surface area contributed by atoms with Gasteiger partial charge >= 0.3 is 0 Å². The van der Waals surface area contributed by atoms with Crippen LogP contribution in [0.1, 0.15) is 27.7 Å². The SMILES string of the molecule is COc1ccc2c(c1)OCC(CNC(=O)c1oc(C)nc1C)C2. The smallest absolute Gasteiger partial charge is 0.289 e. The van der Waals surface area contributed by atoms with Crippen LogP contribution in [0.15, 0.2) is 22.6 Å². The Morgan fingerprint density at radius 2 is 2.26 bits per heavy atom. The van der Waals surface area contributed by atoms with E-state index in [0.29, 0.717) is 24.7 Å². The zero-order valence-corrected chi connectivity index (χ0v) is 13.5. The molecular weight excluding hydrogens is 296 g/mol. The van der Waals surface area contributed by atoms with Crippen molar-refractivity contribution in [1.82, 2.24) is 10.3 Å². The second kappa shape index (κ2) is 6.32. The van der Waals surface area contributed by atoms with Crippen molar-refractivity contribution < 1.29 is 18.7 Å². The molecule has 0 saturated heterocycles. The van der Waals surface area contributed by atoms with Crippen LogP contribution < -0.4 is 14.8 Å². The molecule has 1 aliphatic heterocycles. The van der Waals surface area contributed by atoms with Gasteiger partial charge in [-0.25, -0.2) is 4.98 Å². The predicted octanol–water partition coefficient (Wildman–Crippen LogP) is 2.28. The molecule has 2 aromatic rings. The quantitative estimate of drug-likeness (QED) is 0.937. The zero-order valence-electron chi connectivity index (χ0n) is 13.5. The van der Waals surface area contributed by atoms with Crippen LogP contribution in [0.3, 0.4) is 0 Å². The summed E-state index contributed by atoms with van der Waals surface area (Å²) in [5, 5.41) is 2.90. The first-order chi connectivity index (χ1) is 11.1. The highest BCUT2D eigenvalue weighted by Crippen LogP contribution is 2.30. The highest BCUT2D eigenvalue weighted by atomic mass is 16.5. The van der Waals surface area contributed by atoms with E-state index in [9.17, 15) is 4.79 Å². The van der Waals surface area contributed by atoms with Gasteiger partial charge in [-0.15, -0.1) is 0 Å². The minimum atomic E-state index is -0.233. The summed E-state index contributed by atoms with van der Waals surface area (Å²) in [6, 6.07) is 5.82. The maximum Gasteiger partial charge on any atom is 0.289 e. The van der Waals surface area contributed by atoms with E-state index >= 15 is 0 Å². The number of aromatic nitrogens is 1. The molecule has 0 spiro atoms. The summed E-state index contributed by atoms with van der Waals surface area (Å²) in [6.07, 6.45) is 0.855. The summed E-state index contributed by atoms with van der Waals surface area (Å²) in [6.45, 7) is 4.58. The van der Waals surface area contributed by atoms with Crippen molar-refractivity contribution >= 4 is 5.91 Å². The second-order valence-electron chi connectivity index (χ2n) is 5.71. The van der Waals surface area contributed by atoms with Gasteiger partial charge in [0.1, 0.15) is 11.5 Å². The summed E-state index contributed by atoms with van der Waals surface area (Å²) in [5.74, 6) is 2.41. The van der Waals surface area contributed by atoms with Gasteiger partial charge in [-0.3, -0.25) is 4.79 Å². The number of fused-ring (bicyclic) bond motifs is 1. The van der Waals surface area contributed by atoms with E-state index in [-0.39, 0.29) is 17.6 Å². The van der Waals surface area contributed by atoms with Crippen molar-refractivity contribution in [3.05, 3.63) is 41.1 Å². The number of hydrogen-bond acceptors (Lipinski definition) is 5. The van der Waals surface area contributed by atoms with Crippen molar-refractivity contribution in [2.24, 2.45) is 5.92 Å². The van der Waals surface area contributed by atoms with E-state index in [0.717, 1.165) is 23.5 Å². The standard InChI is InChI=1S/C17H20N2O4/c1-10-16(23-11(2)19-10)17(20)18-8-12-6-13-4-5-14(21-3)7-15(13)22-9-12/h4-5,7,12H,6,8-9H2,1-3H3,(H,18,20). The first kappa shape index (κ1) is 15.4. The number of oxazole rings is 1. The molecule has 1 aromatic carbocycles. The van der Waals surface area contributed by atoms with Gasteiger partial charge in [0, 0.05) is 25.5 Å². The lowest BCUT2D eigenvalue weighted by Gasteiger charge is -2.25. The number of benzene rings is 1. The average molecular weight is 316 g/mol. The lowest BCUT2D eigenvalue weighted by atomic mass is 9.96. The second-order valence-corrected chi connectivity index (χ2v) is 5.71. The fourth-order valence-electron chi connectivity index (χ4n) is 2.73. The Balaban J connectivity index is 1.59. The van der Waals surface area contributed by atoms with Crippen LogP contribution in [0, 0.1) is 19.8 Å². The number of carbonyl (C=O) groups is 1. The lowest BCUT2D eigenvalue weighted by molar-refractivity contribution is 0.0909. The van der Waals surface area contributed by atoms with Crippen molar-refractivity contribution in [2.45, 2.75) is 20.3 Å². The Labute approximate surface area is 134 Å². The lowest BCUT2D eigenvalue weighted by Crippen LogP contribution is -2.34. The Bertz CT molecular complexity index is 723. The van der Waals surface area contributed by atoms with Gasteiger partial charge in [0.05, 0.1) is 19.4 Å². The third-order valence-electron chi connectivity index (χ3n) is 3.92. The number of amides is 1. The maximum atomic E-state index is 12.1. The fourth-order valence-corrected chi connectivity index (χ4v) is 2.73. The molecular formula is C17H20N2O4. The Kier molecular flexibility index (Phi) is 4.23. The Morgan fingerprint density at radius 3 is 2.96 bits per heavy atom. The largest absolute Gasteiger partial charge is 0.497 e. The highest BCUT2D eigenvalue weighted by molar-refractivity contribution is 5.92. The van der Waals surface area contributed by atoms with Gasteiger partial charge in [-0.2, -0.15) is 0 Å². The average Bonchev–Trinajstić information content (AvgIpc) is 2.90. The topological polar surface area (TPSA) is 73.6 Å². The van der Waals surface area contributed by atoms with Crippen molar-refractivity contribution in [1.29, 1.82) is 0 Å². The molecule has 6 heteroatoms. The molecule has 1 N–H and O–H groups in total. The number of methoxy groups -OCH3 is 1. The van der Waals surface area contributed by atoms with Gasteiger partial charge < -0.3 is 19.2 Å². The molecule has 1 aliphatic rings. The van der Waals surface area contributed by atoms with Crippen molar-refractivity contribution in [3.8, 4) is 11.5 Å². The molecule has 1 atom stereocenters. The minimum Gasteiger partial charge on any atom is -0.497 e. The molecule has 122 valence electrons. The van der Waals surface area contributed by atoms with Crippen LogP contribution in [-0.2, 0) is 6.42 Å². The van der Waals surface area contributed by atoms with Crippen LogP contribution in [0.5, 0.6) is 11.5 Å². The van der Waals surface area contributed by atoms with Crippen LogP contribution in [-0.4, -0.2) is 31.2 Å². The van der Waals surface area contributed by atoms with Crippen molar-refractivity contribution in [3.63, 3.8) is 0 Å². The summed E-state index contributed by atoms with van der Waals surface area (Å²) in [4.78, 5) is 16.3. The minimum absolute atomic E-state index is 0.226.